The highest BCUT2D eigenvalue weighted by atomic mass is 79.9. The number of hydrogen-bond acceptors (Lipinski definition) is 0. The highest BCUT2D eigenvalue weighted by molar-refractivity contribution is 9.10. The molecule has 1 nitrogen and oxygen atoms in total. The SMILES string of the molecule is Brc1ccc2c3c4ccccc4ccc3n(-c3ccc4c(c3)C(c3ccccc3)(c3ccccc3)C3C=CC=CC43)c2c1. The van der Waals surface area contributed by atoms with E-state index in [0.29, 0.717) is 5.92 Å². The third kappa shape index (κ3) is 3.45. The van der Waals surface area contributed by atoms with Gasteiger partial charge in [0.25, 0.3) is 0 Å². The molecule has 9 rings (SSSR count). The highest BCUT2D eigenvalue weighted by Gasteiger charge is 2.52. The summed E-state index contributed by atoms with van der Waals surface area (Å²) >= 11 is 3.79. The van der Waals surface area contributed by atoms with Crippen LogP contribution in [0.3, 0.4) is 0 Å². The van der Waals surface area contributed by atoms with Crippen molar-refractivity contribution >= 4 is 48.5 Å². The second-order valence-corrected chi connectivity index (χ2v) is 12.7. The first kappa shape index (κ1) is 24.9. The number of halogens is 1. The first-order valence-corrected chi connectivity index (χ1v) is 15.8. The van der Waals surface area contributed by atoms with Crippen molar-refractivity contribution in [3.8, 4) is 5.69 Å². The van der Waals surface area contributed by atoms with Gasteiger partial charge in [-0.1, -0.05) is 143 Å². The molecule has 2 aliphatic carbocycles. The van der Waals surface area contributed by atoms with Crippen molar-refractivity contribution in [2.24, 2.45) is 5.92 Å². The van der Waals surface area contributed by atoms with Gasteiger partial charge in [0.2, 0.25) is 0 Å². The van der Waals surface area contributed by atoms with Gasteiger partial charge in [0, 0.05) is 32.8 Å². The van der Waals surface area contributed by atoms with Crippen LogP contribution in [0, 0.1) is 5.92 Å². The Morgan fingerprint density at radius 1 is 0.581 bits per heavy atom. The smallest absolute Gasteiger partial charge is 0.0552 e. The molecule has 2 atom stereocenters. The summed E-state index contributed by atoms with van der Waals surface area (Å²) in [6.07, 6.45) is 9.30. The van der Waals surface area contributed by atoms with E-state index in [2.05, 4.69) is 178 Å². The Balaban J connectivity index is 1.40. The van der Waals surface area contributed by atoms with Gasteiger partial charge >= 0.3 is 0 Å². The molecule has 2 unspecified atom stereocenters. The van der Waals surface area contributed by atoms with Gasteiger partial charge < -0.3 is 4.57 Å². The Hall–Kier alpha value is -4.66. The minimum atomic E-state index is -0.314. The molecule has 0 bridgehead atoms. The van der Waals surface area contributed by atoms with Crippen molar-refractivity contribution in [2.75, 3.05) is 0 Å². The minimum Gasteiger partial charge on any atom is -0.309 e. The largest absolute Gasteiger partial charge is 0.309 e. The molecule has 1 aromatic heterocycles. The van der Waals surface area contributed by atoms with E-state index >= 15 is 0 Å². The van der Waals surface area contributed by atoms with Crippen LogP contribution in [0.1, 0.15) is 28.2 Å². The lowest BCUT2D eigenvalue weighted by atomic mass is 9.63. The Labute approximate surface area is 259 Å². The van der Waals surface area contributed by atoms with E-state index in [1.54, 1.807) is 0 Å². The molecule has 0 saturated heterocycles. The van der Waals surface area contributed by atoms with Crippen LogP contribution in [0.5, 0.6) is 0 Å². The molecule has 0 saturated carbocycles. The number of nitrogens with zero attached hydrogens (tertiary/aromatic N) is 1. The van der Waals surface area contributed by atoms with Crippen LogP contribution in [0.25, 0.3) is 38.3 Å². The molecule has 43 heavy (non-hydrogen) atoms. The van der Waals surface area contributed by atoms with E-state index in [4.69, 9.17) is 0 Å². The fraction of sp³-hybridized carbons (Fsp3) is 0.0732. The van der Waals surface area contributed by atoms with E-state index in [1.165, 1.54) is 60.5 Å². The van der Waals surface area contributed by atoms with Gasteiger partial charge in [-0.15, -0.1) is 0 Å². The van der Waals surface area contributed by atoms with E-state index in [1.807, 2.05) is 0 Å². The number of benzene rings is 6. The first-order valence-electron chi connectivity index (χ1n) is 15.0. The maximum Gasteiger partial charge on any atom is 0.0552 e. The summed E-state index contributed by atoms with van der Waals surface area (Å²) in [6.45, 7) is 0. The Kier molecular flexibility index (Phi) is 5.46. The number of hydrogen-bond donors (Lipinski definition) is 0. The van der Waals surface area contributed by atoms with Crippen molar-refractivity contribution in [1.29, 1.82) is 0 Å². The zero-order valence-electron chi connectivity index (χ0n) is 23.5. The van der Waals surface area contributed by atoms with Gasteiger partial charge in [0.15, 0.2) is 0 Å². The molecule has 204 valence electrons. The molecule has 0 N–H and O–H groups in total. The van der Waals surface area contributed by atoms with Crippen molar-refractivity contribution in [3.63, 3.8) is 0 Å². The molecule has 1 heterocycles. The number of allylic oxidation sites excluding steroid dienone is 4. The lowest BCUT2D eigenvalue weighted by molar-refractivity contribution is 0.456. The van der Waals surface area contributed by atoms with Gasteiger partial charge in [0.1, 0.15) is 0 Å². The summed E-state index contributed by atoms with van der Waals surface area (Å²) in [6, 6.07) is 49.5. The molecule has 0 radical (unpaired) electrons. The van der Waals surface area contributed by atoms with E-state index < -0.39 is 0 Å². The predicted molar refractivity (Wildman–Crippen MR) is 183 cm³/mol. The molecule has 0 fully saturated rings. The van der Waals surface area contributed by atoms with E-state index in [9.17, 15) is 0 Å². The molecule has 7 aromatic rings. The second-order valence-electron chi connectivity index (χ2n) is 11.8. The quantitative estimate of drug-likeness (QED) is 0.187. The van der Waals surface area contributed by atoms with Gasteiger partial charge in [-0.05, 0) is 63.4 Å². The van der Waals surface area contributed by atoms with Gasteiger partial charge in [-0.25, -0.2) is 0 Å². The summed E-state index contributed by atoms with van der Waals surface area (Å²) in [5.41, 5.74) is 8.79. The highest BCUT2D eigenvalue weighted by Crippen LogP contribution is 2.59. The first-order chi connectivity index (χ1) is 21.2. The lowest BCUT2D eigenvalue weighted by Gasteiger charge is -2.39. The van der Waals surface area contributed by atoms with Crippen molar-refractivity contribution in [2.45, 2.75) is 11.3 Å². The zero-order chi connectivity index (χ0) is 28.5. The maximum absolute atomic E-state index is 3.79. The molecule has 2 heteroatoms. The van der Waals surface area contributed by atoms with Crippen LogP contribution >= 0.6 is 15.9 Å². The third-order valence-electron chi connectivity index (χ3n) is 9.79. The zero-order valence-corrected chi connectivity index (χ0v) is 25.1. The van der Waals surface area contributed by atoms with Gasteiger partial charge in [-0.3, -0.25) is 0 Å². The average Bonchev–Trinajstić information content (AvgIpc) is 3.55. The van der Waals surface area contributed by atoms with E-state index in [-0.39, 0.29) is 11.3 Å². The predicted octanol–water partition coefficient (Wildman–Crippen LogP) is 10.9. The lowest BCUT2D eigenvalue weighted by Crippen LogP contribution is -2.35. The summed E-state index contributed by atoms with van der Waals surface area (Å²) in [4.78, 5) is 0. The summed E-state index contributed by atoms with van der Waals surface area (Å²) in [7, 11) is 0. The van der Waals surface area contributed by atoms with Crippen LogP contribution in [-0.2, 0) is 5.41 Å². The standard InChI is InChI=1S/C41H28BrN/c42-30-20-22-35-39(25-30)43(38-24-19-27-11-7-8-16-32(27)40(35)38)31-21-23-34-33-17-9-10-18-36(33)41(37(34)26-31,28-12-3-1-4-13-28)29-14-5-2-6-15-29/h1-26,33,36H. The Morgan fingerprint density at radius 3 is 2.09 bits per heavy atom. The normalized spacial score (nSPS) is 18.3. The maximum atomic E-state index is 3.79. The van der Waals surface area contributed by atoms with Crippen molar-refractivity contribution < 1.29 is 0 Å². The van der Waals surface area contributed by atoms with E-state index in [0.717, 1.165) is 4.47 Å². The molecule has 6 aromatic carbocycles. The summed E-state index contributed by atoms with van der Waals surface area (Å²) < 4.78 is 3.55. The third-order valence-corrected chi connectivity index (χ3v) is 10.3. The molecule has 0 amide bonds. The average molecular weight is 615 g/mol. The Bertz CT molecular complexity index is 2220. The molecular formula is C41H28BrN. The van der Waals surface area contributed by atoms with Crippen LogP contribution in [0.4, 0.5) is 0 Å². The fourth-order valence-corrected chi connectivity index (χ4v) is 8.47. The van der Waals surface area contributed by atoms with Gasteiger partial charge in [0.05, 0.1) is 16.4 Å². The summed E-state index contributed by atoms with van der Waals surface area (Å²) in [5.74, 6) is 0.592. The molecule has 2 aliphatic rings. The summed E-state index contributed by atoms with van der Waals surface area (Å²) in [5, 5.41) is 5.13. The Morgan fingerprint density at radius 2 is 1.30 bits per heavy atom. The minimum absolute atomic E-state index is 0.281. The van der Waals surface area contributed by atoms with Crippen molar-refractivity contribution in [3.05, 3.63) is 184 Å². The number of fused-ring (bicyclic) bond motifs is 8. The monoisotopic (exact) mass is 613 g/mol. The fourth-order valence-electron chi connectivity index (χ4n) is 8.12. The second kappa shape index (κ2) is 9.42. The number of aromatic nitrogens is 1. The molecule has 0 aliphatic heterocycles. The number of rotatable bonds is 3. The van der Waals surface area contributed by atoms with Crippen LogP contribution in [-0.4, -0.2) is 4.57 Å². The topological polar surface area (TPSA) is 4.93 Å². The molecule has 0 spiro atoms. The van der Waals surface area contributed by atoms with Crippen molar-refractivity contribution in [1.82, 2.24) is 4.57 Å². The van der Waals surface area contributed by atoms with Crippen LogP contribution < -0.4 is 0 Å². The van der Waals surface area contributed by atoms with Crippen LogP contribution in [0.15, 0.2) is 162 Å². The van der Waals surface area contributed by atoms with Gasteiger partial charge in [-0.2, -0.15) is 0 Å². The molecular weight excluding hydrogens is 586 g/mol. The van der Waals surface area contributed by atoms with Crippen LogP contribution in [0.2, 0.25) is 0 Å².